The van der Waals surface area contributed by atoms with Crippen molar-refractivity contribution in [3.8, 4) is 0 Å². The van der Waals surface area contributed by atoms with Crippen LogP contribution in [0.5, 0.6) is 0 Å². The lowest BCUT2D eigenvalue weighted by Gasteiger charge is -2.38. The summed E-state index contributed by atoms with van der Waals surface area (Å²) in [6, 6.07) is 0. The smallest absolute Gasteiger partial charge is 0.235 e. The summed E-state index contributed by atoms with van der Waals surface area (Å²) in [5.41, 5.74) is 0. The van der Waals surface area contributed by atoms with Gasteiger partial charge in [-0.15, -0.1) is 0 Å². The van der Waals surface area contributed by atoms with Crippen LogP contribution in [0.1, 0.15) is 51.9 Å². The van der Waals surface area contributed by atoms with Gasteiger partial charge in [0.1, 0.15) is 0 Å². The molecular formula is C18H34N2O2S. The Labute approximate surface area is 147 Å². The molecule has 0 saturated carbocycles. The molecule has 0 aromatic rings. The second-order valence-corrected chi connectivity index (χ2v) is 7.81. The molecule has 4 nitrogen and oxygen atoms in total. The van der Waals surface area contributed by atoms with E-state index in [1.165, 1.54) is 25.9 Å². The first kappa shape index (κ1) is 19.1. The highest BCUT2D eigenvalue weighted by Crippen LogP contribution is 2.23. The van der Waals surface area contributed by atoms with Crippen molar-refractivity contribution < 1.29 is 9.53 Å². The van der Waals surface area contributed by atoms with Crippen molar-refractivity contribution in [3.63, 3.8) is 0 Å². The molecular weight excluding hydrogens is 308 g/mol. The third-order valence-electron chi connectivity index (χ3n) is 5.35. The van der Waals surface area contributed by atoms with Gasteiger partial charge in [0.05, 0.1) is 11.4 Å². The molecule has 2 aliphatic heterocycles. The number of methoxy groups -OCH3 is 1. The Bertz CT molecular complexity index is 359. The number of rotatable bonds is 7. The van der Waals surface area contributed by atoms with Crippen LogP contribution in [0.25, 0.3) is 0 Å². The first-order chi connectivity index (χ1) is 11.1. The standard InChI is InChI=1S/C18H34N2O2S/c1-3-4-7-17(23)18(21)20-11-8-15(9-12-20)13-19-10-5-6-16(14-19)22-2/h15-17,23H,3-14H2,1-2H3. The molecule has 0 aromatic carbocycles. The van der Waals surface area contributed by atoms with Gasteiger partial charge in [-0.3, -0.25) is 4.79 Å². The van der Waals surface area contributed by atoms with Gasteiger partial charge in [0.15, 0.2) is 0 Å². The van der Waals surface area contributed by atoms with E-state index in [0.29, 0.717) is 6.10 Å². The number of amides is 1. The zero-order valence-corrected chi connectivity index (χ0v) is 15.8. The Morgan fingerprint density at radius 3 is 2.65 bits per heavy atom. The average Bonchev–Trinajstić information content (AvgIpc) is 2.60. The van der Waals surface area contributed by atoms with Crippen LogP contribution in [0.4, 0.5) is 0 Å². The lowest BCUT2D eigenvalue weighted by Crippen LogP contribution is -2.46. The van der Waals surface area contributed by atoms with E-state index in [1.54, 1.807) is 0 Å². The van der Waals surface area contributed by atoms with Gasteiger partial charge in [-0.2, -0.15) is 12.6 Å². The fourth-order valence-electron chi connectivity index (χ4n) is 3.80. The average molecular weight is 343 g/mol. The molecule has 0 N–H and O–H groups in total. The molecule has 2 fully saturated rings. The summed E-state index contributed by atoms with van der Waals surface area (Å²) in [4.78, 5) is 17.0. The SMILES string of the molecule is CCCCC(S)C(=O)N1CCC(CN2CCCC(OC)C2)CC1. The molecule has 23 heavy (non-hydrogen) atoms. The van der Waals surface area contributed by atoms with Crippen molar-refractivity contribution in [2.24, 2.45) is 5.92 Å². The second kappa shape index (κ2) is 9.90. The number of hydrogen-bond acceptors (Lipinski definition) is 4. The van der Waals surface area contributed by atoms with Crippen molar-refractivity contribution >= 4 is 18.5 Å². The second-order valence-electron chi connectivity index (χ2n) is 7.19. The van der Waals surface area contributed by atoms with Gasteiger partial charge < -0.3 is 14.5 Å². The Morgan fingerprint density at radius 2 is 2.00 bits per heavy atom. The number of carbonyl (C=O) groups excluding carboxylic acids is 1. The summed E-state index contributed by atoms with van der Waals surface area (Å²) < 4.78 is 5.51. The fraction of sp³-hybridized carbons (Fsp3) is 0.944. The number of unbranched alkanes of at least 4 members (excludes halogenated alkanes) is 1. The van der Waals surface area contributed by atoms with E-state index in [2.05, 4.69) is 24.5 Å². The Balaban J connectivity index is 1.70. The van der Waals surface area contributed by atoms with Gasteiger partial charge in [-0.1, -0.05) is 19.8 Å². The van der Waals surface area contributed by atoms with E-state index >= 15 is 0 Å². The Kier molecular flexibility index (Phi) is 8.21. The summed E-state index contributed by atoms with van der Waals surface area (Å²) in [5.74, 6) is 0.973. The van der Waals surface area contributed by atoms with E-state index in [-0.39, 0.29) is 11.2 Å². The first-order valence-electron chi connectivity index (χ1n) is 9.36. The number of likely N-dealkylation sites (tertiary alicyclic amines) is 2. The van der Waals surface area contributed by atoms with E-state index < -0.39 is 0 Å². The highest BCUT2D eigenvalue weighted by atomic mass is 32.1. The van der Waals surface area contributed by atoms with Crippen molar-refractivity contribution in [3.05, 3.63) is 0 Å². The molecule has 1 amide bonds. The van der Waals surface area contributed by atoms with Gasteiger partial charge in [-0.25, -0.2) is 0 Å². The van der Waals surface area contributed by atoms with Crippen LogP contribution in [0, 0.1) is 5.92 Å². The van der Waals surface area contributed by atoms with Crippen LogP contribution >= 0.6 is 12.6 Å². The predicted molar refractivity (Wildman–Crippen MR) is 98.1 cm³/mol. The van der Waals surface area contributed by atoms with Gasteiger partial charge in [-0.05, 0) is 44.6 Å². The molecule has 0 aliphatic carbocycles. The zero-order chi connectivity index (χ0) is 16.7. The summed E-state index contributed by atoms with van der Waals surface area (Å²) >= 11 is 4.50. The van der Waals surface area contributed by atoms with Crippen LogP contribution in [0.15, 0.2) is 0 Å². The first-order valence-corrected chi connectivity index (χ1v) is 9.87. The molecule has 2 unspecified atom stereocenters. The maximum atomic E-state index is 12.4. The minimum atomic E-state index is -0.101. The van der Waals surface area contributed by atoms with Crippen molar-refractivity contribution in [1.29, 1.82) is 0 Å². The van der Waals surface area contributed by atoms with Gasteiger partial charge in [0, 0.05) is 33.3 Å². The summed E-state index contributed by atoms with van der Waals surface area (Å²) in [5, 5.41) is -0.101. The number of piperidine rings is 2. The molecule has 5 heteroatoms. The lowest BCUT2D eigenvalue weighted by atomic mass is 9.94. The third-order valence-corrected chi connectivity index (χ3v) is 5.83. The van der Waals surface area contributed by atoms with Crippen LogP contribution < -0.4 is 0 Å². The largest absolute Gasteiger partial charge is 0.380 e. The minimum Gasteiger partial charge on any atom is -0.380 e. The van der Waals surface area contributed by atoms with Crippen LogP contribution in [-0.4, -0.2) is 66.9 Å². The normalized spacial score (nSPS) is 25.5. The molecule has 2 rings (SSSR count). The molecule has 134 valence electrons. The number of thiol groups is 1. The molecule has 2 atom stereocenters. The van der Waals surface area contributed by atoms with Crippen molar-refractivity contribution in [1.82, 2.24) is 9.80 Å². The quantitative estimate of drug-likeness (QED) is 0.722. The molecule has 2 aliphatic rings. The number of ether oxygens (including phenoxy) is 1. The van der Waals surface area contributed by atoms with Crippen molar-refractivity contribution in [2.45, 2.75) is 63.2 Å². The molecule has 0 radical (unpaired) electrons. The minimum absolute atomic E-state index is 0.101. The lowest BCUT2D eigenvalue weighted by molar-refractivity contribution is -0.132. The Hall–Kier alpha value is -0.260. The zero-order valence-electron chi connectivity index (χ0n) is 14.9. The summed E-state index contributed by atoms with van der Waals surface area (Å²) in [7, 11) is 1.82. The molecule has 2 heterocycles. The molecule has 2 saturated heterocycles. The van der Waals surface area contributed by atoms with E-state index in [1.807, 2.05) is 12.0 Å². The third kappa shape index (κ3) is 5.95. The highest BCUT2D eigenvalue weighted by molar-refractivity contribution is 7.81. The maximum Gasteiger partial charge on any atom is 0.235 e. The molecule has 0 spiro atoms. The number of nitrogens with zero attached hydrogens (tertiary/aromatic N) is 2. The summed E-state index contributed by atoms with van der Waals surface area (Å²) in [6.45, 7) is 7.43. The van der Waals surface area contributed by atoms with Crippen LogP contribution in [-0.2, 0) is 9.53 Å². The summed E-state index contributed by atoms with van der Waals surface area (Å²) in [6.07, 6.45) is 8.24. The Morgan fingerprint density at radius 1 is 1.26 bits per heavy atom. The van der Waals surface area contributed by atoms with Crippen LogP contribution in [0.2, 0.25) is 0 Å². The number of carbonyl (C=O) groups is 1. The topological polar surface area (TPSA) is 32.8 Å². The molecule has 0 aromatic heterocycles. The van der Waals surface area contributed by atoms with E-state index in [0.717, 1.165) is 57.7 Å². The van der Waals surface area contributed by atoms with E-state index in [4.69, 9.17) is 4.74 Å². The van der Waals surface area contributed by atoms with E-state index in [9.17, 15) is 4.79 Å². The number of hydrogen-bond donors (Lipinski definition) is 1. The maximum absolute atomic E-state index is 12.4. The fourth-order valence-corrected chi connectivity index (χ4v) is 4.15. The van der Waals surface area contributed by atoms with Gasteiger partial charge in [0.2, 0.25) is 5.91 Å². The van der Waals surface area contributed by atoms with Gasteiger partial charge in [0.25, 0.3) is 0 Å². The molecule has 0 bridgehead atoms. The van der Waals surface area contributed by atoms with Crippen LogP contribution in [0.3, 0.4) is 0 Å². The monoisotopic (exact) mass is 342 g/mol. The predicted octanol–water partition coefficient (Wildman–Crippen LogP) is 2.82. The van der Waals surface area contributed by atoms with Gasteiger partial charge >= 0.3 is 0 Å². The highest BCUT2D eigenvalue weighted by Gasteiger charge is 2.28. The van der Waals surface area contributed by atoms with Crippen molar-refractivity contribution in [2.75, 3.05) is 39.8 Å².